The summed E-state index contributed by atoms with van der Waals surface area (Å²) in [7, 11) is 0.0520. The normalized spacial score (nSPS) is 12.2. The van der Waals surface area contributed by atoms with E-state index in [1.165, 1.54) is 4.98 Å². The largest absolute Gasteiger partial charge is 0.573 e. The Balaban J connectivity index is 3.57. The highest BCUT2D eigenvalue weighted by atomic mass is 35.7. The molecule has 0 atom stereocenters. The first-order chi connectivity index (χ1) is 8.42. The molecule has 0 saturated heterocycles. The lowest BCUT2D eigenvalue weighted by atomic mass is 10.4. The minimum Gasteiger partial charge on any atom is -0.397 e. The second-order valence-electron chi connectivity index (χ2n) is 2.92. The van der Waals surface area contributed by atoms with Gasteiger partial charge in [0.1, 0.15) is 0 Å². The van der Waals surface area contributed by atoms with E-state index in [1.54, 1.807) is 0 Å². The van der Waals surface area contributed by atoms with E-state index in [1.807, 2.05) is 0 Å². The van der Waals surface area contributed by atoms with Crippen LogP contribution >= 0.6 is 10.7 Å². The summed E-state index contributed by atoms with van der Waals surface area (Å²) in [6.45, 7) is 0. The van der Waals surface area contributed by atoms with E-state index in [-0.39, 0.29) is 6.07 Å². The Kier molecular flexibility index (Phi) is 3.77. The molecule has 0 spiro atoms. The molecule has 0 unspecified atom stereocenters. The maximum absolute atomic E-state index is 11.9. The van der Waals surface area contributed by atoms with Crippen LogP contribution in [0.4, 0.5) is 19.0 Å². The Morgan fingerprint density at radius 1 is 1.42 bits per heavy atom. The number of hydrogen-bond acceptors (Lipinski definition) is 6. The zero-order chi connectivity index (χ0) is 15.0. The van der Waals surface area contributed by atoms with Gasteiger partial charge in [-0.15, -0.1) is 13.2 Å². The molecule has 1 aromatic heterocycles. The van der Waals surface area contributed by atoms with Crippen molar-refractivity contribution in [3.05, 3.63) is 26.5 Å². The lowest BCUT2D eigenvalue weighted by Gasteiger charge is -2.08. The zero-order valence-corrected chi connectivity index (χ0v) is 9.97. The van der Waals surface area contributed by atoms with Crippen molar-refractivity contribution in [2.45, 2.75) is 11.3 Å². The van der Waals surface area contributed by atoms with Gasteiger partial charge in [-0.05, 0) is 4.92 Å². The van der Waals surface area contributed by atoms with Gasteiger partial charge >= 0.3 is 17.7 Å². The number of nitrogens with zero attached hydrogens (tertiary/aromatic N) is 1. The summed E-state index contributed by atoms with van der Waals surface area (Å²) in [5.74, 6) is -2.85. The van der Waals surface area contributed by atoms with E-state index < -0.39 is 42.4 Å². The molecule has 0 aliphatic carbocycles. The fourth-order valence-corrected chi connectivity index (χ4v) is 1.96. The summed E-state index contributed by atoms with van der Waals surface area (Å²) in [5.41, 5.74) is -1.63. The van der Waals surface area contributed by atoms with Gasteiger partial charge < -0.3 is 14.9 Å². The number of pyridine rings is 1. The second-order valence-corrected chi connectivity index (χ2v) is 5.45. The molecule has 0 aliphatic rings. The van der Waals surface area contributed by atoms with Gasteiger partial charge in [0.2, 0.25) is 5.75 Å². The number of alkyl halides is 3. The Labute approximate surface area is 106 Å². The third-order valence-electron chi connectivity index (χ3n) is 1.62. The van der Waals surface area contributed by atoms with Gasteiger partial charge in [-0.2, -0.15) is 4.98 Å². The Morgan fingerprint density at radius 3 is 2.32 bits per heavy atom. The first-order valence-corrected chi connectivity index (χ1v) is 6.35. The van der Waals surface area contributed by atoms with Crippen molar-refractivity contribution < 1.29 is 31.2 Å². The quantitative estimate of drug-likeness (QED) is 0.505. The first-order valence-electron chi connectivity index (χ1n) is 4.04. The van der Waals surface area contributed by atoms with Crippen LogP contribution in [0.15, 0.2) is 15.8 Å². The molecule has 106 valence electrons. The Hall–Kier alpha value is -1.82. The van der Waals surface area contributed by atoms with Crippen LogP contribution in [0.2, 0.25) is 0 Å². The van der Waals surface area contributed by atoms with Crippen LogP contribution in [-0.2, 0) is 9.05 Å². The Morgan fingerprint density at radius 2 is 1.95 bits per heavy atom. The van der Waals surface area contributed by atoms with E-state index >= 15 is 0 Å². The van der Waals surface area contributed by atoms with Crippen LogP contribution in [0.25, 0.3) is 0 Å². The molecule has 1 N–H and O–H groups in total. The molecule has 0 saturated carbocycles. The molecule has 13 heteroatoms. The highest BCUT2D eigenvalue weighted by molar-refractivity contribution is 8.13. The average molecular weight is 323 g/mol. The minimum absolute atomic E-state index is 0.0206. The number of halogens is 4. The number of nitrogens with one attached hydrogen (secondary N) is 1. The molecule has 8 nitrogen and oxygen atoms in total. The number of nitro groups is 1. The van der Waals surface area contributed by atoms with Gasteiger partial charge in [-0.3, -0.25) is 0 Å². The van der Waals surface area contributed by atoms with Crippen molar-refractivity contribution in [3.63, 3.8) is 0 Å². The SMILES string of the molecule is O=c1[nH]c([N+](=O)[O-])c(S(=O)(=O)Cl)cc1OC(F)(F)F. The van der Waals surface area contributed by atoms with Crippen LogP contribution in [0.5, 0.6) is 5.75 Å². The molecule has 0 aliphatic heterocycles. The molecule has 0 aromatic carbocycles. The lowest BCUT2D eigenvalue weighted by Crippen LogP contribution is -2.23. The van der Waals surface area contributed by atoms with E-state index in [9.17, 15) is 36.5 Å². The second kappa shape index (κ2) is 4.70. The molecule has 1 heterocycles. The molecule has 1 aromatic rings. The first kappa shape index (κ1) is 15.2. The average Bonchev–Trinajstić information content (AvgIpc) is 2.16. The molecule has 0 radical (unpaired) electrons. The summed E-state index contributed by atoms with van der Waals surface area (Å²) in [6.07, 6.45) is -5.28. The molecule has 0 amide bonds. The fourth-order valence-electron chi connectivity index (χ4n) is 1.01. The lowest BCUT2D eigenvalue weighted by molar-refractivity contribution is -0.392. The number of ether oxygens (including phenoxy) is 1. The van der Waals surface area contributed by atoms with Crippen LogP contribution in [0, 0.1) is 10.1 Å². The van der Waals surface area contributed by atoms with E-state index in [0.717, 1.165) is 0 Å². The predicted octanol–water partition coefficient (Wildman–Crippen LogP) is 1.11. The van der Waals surface area contributed by atoms with Gasteiger partial charge in [-0.25, -0.2) is 13.2 Å². The van der Waals surface area contributed by atoms with Crippen molar-refractivity contribution in [2.75, 3.05) is 0 Å². The standard InChI is InChI=1S/C6H2ClF3N2O6S/c7-19(16,17)3-1-2(18-6(8,9)10)5(13)11-4(3)12(14)15/h1H,(H,11,13). The van der Waals surface area contributed by atoms with Crippen LogP contribution in [0.3, 0.4) is 0 Å². The summed E-state index contributed by atoms with van der Waals surface area (Å²) in [5, 5.41) is 10.5. The predicted molar refractivity (Wildman–Crippen MR) is 53.4 cm³/mol. The Bertz CT molecular complexity index is 681. The van der Waals surface area contributed by atoms with Crippen LogP contribution in [0.1, 0.15) is 0 Å². The third kappa shape index (κ3) is 3.82. The van der Waals surface area contributed by atoms with Gasteiger partial charge in [0.15, 0.2) is 4.90 Å². The smallest absolute Gasteiger partial charge is 0.397 e. The summed E-state index contributed by atoms with van der Waals surface area (Å²) in [6, 6.07) is 0.0206. The number of hydrogen-bond donors (Lipinski definition) is 1. The van der Waals surface area contributed by atoms with Crippen molar-refractivity contribution in [2.24, 2.45) is 0 Å². The minimum atomic E-state index is -5.28. The van der Waals surface area contributed by atoms with E-state index in [4.69, 9.17) is 10.7 Å². The van der Waals surface area contributed by atoms with Gasteiger partial charge in [-0.1, -0.05) is 0 Å². The summed E-state index contributed by atoms with van der Waals surface area (Å²) < 4.78 is 60.9. The number of aromatic nitrogens is 1. The zero-order valence-electron chi connectivity index (χ0n) is 8.39. The fraction of sp³-hybridized carbons (Fsp3) is 0.167. The van der Waals surface area contributed by atoms with E-state index in [2.05, 4.69) is 4.74 Å². The van der Waals surface area contributed by atoms with Crippen molar-refractivity contribution in [1.82, 2.24) is 4.98 Å². The van der Waals surface area contributed by atoms with Gasteiger partial charge in [0, 0.05) is 16.7 Å². The highest BCUT2D eigenvalue weighted by Gasteiger charge is 2.35. The number of rotatable bonds is 3. The molecular formula is C6H2ClF3N2O6S. The number of H-pyrrole nitrogens is 1. The van der Waals surface area contributed by atoms with Crippen molar-refractivity contribution in [1.29, 1.82) is 0 Å². The van der Waals surface area contributed by atoms with Crippen LogP contribution in [-0.4, -0.2) is 24.7 Å². The van der Waals surface area contributed by atoms with Gasteiger partial charge in [0.25, 0.3) is 9.05 Å². The maximum Gasteiger partial charge on any atom is 0.573 e. The number of aromatic amines is 1. The summed E-state index contributed by atoms with van der Waals surface area (Å²) in [4.78, 5) is 20.2. The van der Waals surface area contributed by atoms with Crippen molar-refractivity contribution >= 4 is 25.6 Å². The highest BCUT2D eigenvalue weighted by Crippen LogP contribution is 2.28. The monoisotopic (exact) mass is 322 g/mol. The third-order valence-corrected chi connectivity index (χ3v) is 2.96. The molecule has 1 rings (SSSR count). The molecule has 0 fully saturated rings. The molecule has 0 bridgehead atoms. The maximum atomic E-state index is 11.9. The van der Waals surface area contributed by atoms with E-state index in [0.29, 0.717) is 0 Å². The topological polar surface area (TPSA) is 119 Å². The molecular weight excluding hydrogens is 321 g/mol. The molecule has 19 heavy (non-hydrogen) atoms. The van der Waals surface area contributed by atoms with Gasteiger partial charge in [0.05, 0.1) is 0 Å². The summed E-state index contributed by atoms with van der Waals surface area (Å²) >= 11 is 0. The van der Waals surface area contributed by atoms with Crippen LogP contribution < -0.4 is 10.3 Å². The van der Waals surface area contributed by atoms with Crippen molar-refractivity contribution in [3.8, 4) is 5.75 Å².